The van der Waals surface area contributed by atoms with Crippen LogP contribution in [0.2, 0.25) is 0 Å². The van der Waals surface area contributed by atoms with Crippen molar-refractivity contribution in [2.45, 2.75) is 44.2 Å². The molecule has 1 aliphatic heterocycles. The topological polar surface area (TPSA) is 82.2 Å². The number of fused-ring (bicyclic) bond motifs is 2. The first kappa shape index (κ1) is 13.4. The molecule has 3 atom stereocenters. The molecule has 2 aliphatic rings. The maximum Gasteiger partial charge on any atom is 0.349 e. The maximum absolute atomic E-state index is 11.6. The predicted octanol–water partition coefficient (Wildman–Crippen LogP) is 0.861. The summed E-state index contributed by atoms with van der Waals surface area (Å²) in [6.07, 6.45) is 7.47. The van der Waals surface area contributed by atoms with E-state index in [1.807, 2.05) is 0 Å². The van der Waals surface area contributed by atoms with Crippen LogP contribution >= 0.6 is 0 Å². The predicted molar refractivity (Wildman–Crippen MR) is 76.9 cm³/mol. The number of hydrogen-bond acceptors (Lipinski definition) is 5. The SMILES string of the molecule is Cn1cc2c(nc1=O)NC1C(CCCN)CCCC1O2. The minimum Gasteiger partial charge on any atom is -0.483 e. The molecule has 1 aliphatic carbocycles. The number of nitrogens with two attached hydrogens (primary N) is 1. The first-order valence-corrected chi connectivity index (χ1v) is 7.40. The minimum atomic E-state index is -0.257. The average Bonchev–Trinajstić information content (AvgIpc) is 2.44. The van der Waals surface area contributed by atoms with Crippen molar-refractivity contribution >= 4 is 5.82 Å². The van der Waals surface area contributed by atoms with Crippen LogP contribution in [0.5, 0.6) is 5.75 Å². The Morgan fingerprint density at radius 3 is 3.20 bits per heavy atom. The lowest BCUT2D eigenvalue weighted by Gasteiger charge is -2.42. The Labute approximate surface area is 118 Å². The van der Waals surface area contributed by atoms with Crippen LogP contribution in [0.3, 0.4) is 0 Å². The second kappa shape index (κ2) is 5.44. The zero-order valence-electron chi connectivity index (χ0n) is 11.8. The third kappa shape index (κ3) is 2.40. The van der Waals surface area contributed by atoms with Gasteiger partial charge in [-0.3, -0.25) is 4.57 Å². The van der Waals surface area contributed by atoms with Gasteiger partial charge in [0.2, 0.25) is 0 Å². The molecule has 6 heteroatoms. The van der Waals surface area contributed by atoms with Gasteiger partial charge in [0.15, 0.2) is 11.6 Å². The van der Waals surface area contributed by atoms with Crippen LogP contribution in [0.4, 0.5) is 5.82 Å². The number of hydrogen-bond donors (Lipinski definition) is 2. The van der Waals surface area contributed by atoms with Crippen molar-refractivity contribution in [2.24, 2.45) is 18.7 Å². The molecule has 0 radical (unpaired) electrons. The van der Waals surface area contributed by atoms with Crippen LogP contribution < -0.4 is 21.5 Å². The van der Waals surface area contributed by atoms with Gasteiger partial charge in [-0.25, -0.2) is 4.79 Å². The Morgan fingerprint density at radius 2 is 2.40 bits per heavy atom. The van der Waals surface area contributed by atoms with Gasteiger partial charge < -0.3 is 15.8 Å². The number of nitrogens with one attached hydrogen (secondary N) is 1. The maximum atomic E-state index is 11.6. The Hall–Kier alpha value is -1.56. The molecule has 1 aromatic rings. The van der Waals surface area contributed by atoms with Crippen LogP contribution in [-0.2, 0) is 7.05 Å². The summed E-state index contributed by atoms with van der Waals surface area (Å²) in [6, 6.07) is 0.252. The van der Waals surface area contributed by atoms with E-state index >= 15 is 0 Å². The second-order valence-corrected chi connectivity index (χ2v) is 5.80. The number of aryl methyl sites for hydroxylation is 1. The molecule has 6 nitrogen and oxygen atoms in total. The zero-order valence-corrected chi connectivity index (χ0v) is 11.8. The van der Waals surface area contributed by atoms with E-state index < -0.39 is 0 Å². The zero-order chi connectivity index (χ0) is 14.1. The fraction of sp³-hybridized carbons (Fsp3) is 0.714. The minimum absolute atomic E-state index is 0.179. The normalized spacial score (nSPS) is 28.0. The molecule has 2 heterocycles. The molecule has 1 saturated carbocycles. The van der Waals surface area contributed by atoms with E-state index in [2.05, 4.69) is 10.3 Å². The molecule has 0 spiro atoms. The summed E-state index contributed by atoms with van der Waals surface area (Å²) >= 11 is 0. The van der Waals surface area contributed by atoms with E-state index in [1.165, 1.54) is 17.4 Å². The summed E-state index contributed by atoms with van der Waals surface area (Å²) in [5.41, 5.74) is 5.36. The largest absolute Gasteiger partial charge is 0.483 e. The summed E-state index contributed by atoms with van der Waals surface area (Å²) in [6.45, 7) is 0.726. The molecule has 20 heavy (non-hydrogen) atoms. The van der Waals surface area contributed by atoms with Gasteiger partial charge in [0.1, 0.15) is 6.10 Å². The molecule has 3 unspecified atom stereocenters. The summed E-state index contributed by atoms with van der Waals surface area (Å²) in [7, 11) is 1.69. The average molecular weight is 278 g/mol. The monoisotopic (exact) mass is 278 g/mol. The van der Waals surface area contributed by atoms with E-state index in [1.54, 1.807) is 13.2 Å². The first-order valence-electron chi connectivity index (χ1n) is 7.40. The Bertz CT molecular complexity index is 542. The van der Waals surface area contributed by atoms with Gasteiger partial charge in [-0.1, -0.05) is 0 Å². The van der Waals surface area contributed by atoms with E-state index in [4.69, 9.17) is 10.5 Å². The molecular formula is C14H22N4O2. The highest BCUT2D eigenvalue weighted by atomic mass is 16.5. The van der Waals surface area contributed by atoms with Crippen molar-refractivity contribution < 1.29 is 4.74 Å². The molecule has 0 bridgehead atoms. The van der Waals surface area contributed by atoms with E-state index in [9.17, 15) is 4.79 Å². The number of aromatic nitrogens is 2. The number of nitrogens with zero attached hydrogens (tertiary/aromatic N) is 2. The lowest BCUT2D eigenvalue weighted by molar-refractivity contribution is 0.0918. The van der Waals surface area contributed by atoms with E-state index in [-0.39, 0.29) is 17.8 Å². The lowest BCUT2D eigenvalue weighted by Crippen LogP contribution is -2.49. The van der Waals surface area contributed by atoms with Crippen LogP contribution in [0, 0.1) is 5.92 Å². The van der Waals surface area contributed by atoms with Gasteiger partial charge in [-0.05, 0) is 44.6 Å². The Morgan fingerprint density at radius 1 is 1.55 bits per heavy atom. The fourth-order valence-electron chi connectivity index (χ4n) is 3.32. The third-order valence-corrected chi connectivity index (χ3v) is 4.39. The van der Waals surface area contributed by atoms with Gasteiger partial charge in [0.05, 0.1) is 12.2 Å². The lowest BCUT2D eigenvalue weighted by atomic mass is 9.79. The summed E-state index contributed by atoms with van der Waals surface area (Å²) in [5.74, 6) is 1.83. The molecular weight excluding hydrogens is 256 g/mol. The molecule has 3 rings (SSSR count). The molecule has 0 amide bonds. The molecule has 1 aromatic heterocycles. The summed E-state index contributed by atoms with van der Waals surface area (Å²) < 4.78 is 7.52. The van der Waals surface area contributed by atoms with Gasteiger partial charge in [0, 0.05) is 7.05 Å². The quantitative estimate of drug-likeness (QED) is 0.857. The highest BCUT2D eigenvalue weighted by Crippen LogP contribution is 2.38. The van der Waals surface area contributed by atoms with Crippen molar-refractivity contribution in [1.82, 2.24) is 9.55 Å². The van der Waals surface area contributed by atoms with Crippen LogP contribution in [0.15, 0.2) is 11.0 Å². The van der Waals surface area contributed by atoms with E-state index in [0.29, 0.717) is 17.5 Å². The van der Waals surface area contributed by atoms with Gasteiger partial charge in [-0.15, -0.1) is 0 Å². The molecule has 0 aromatic carbocycles. The second-order valence-electron chi connectivity index (χ2n) is 5.80. The fourth-order valence-corrected chi connectivity index (χ4v) is 3.32. The molecule has 1 fully saturated rings. The van der Waals surface area contributed by atoms with Crippen LogP contribution in [-0.4, -0.2) is 28.2 Å². The van der Waals surface area contributed by atoms with Crippen molar-refractivity contribution in [3.63, 3.8) is 0 Å². The smallest absolute Gasteiger partial charge is 0.349 e. The Balaban J connectivity index is 1.84. The van der Waals surface area contributed by atoms with Crippen LogP contribution in [0.1, 0.15) is 32.1 Å². The first-order chi connectivity index (χ1) is 9.69. The Kier molecular flexibility index (Phi) is 3.65. The highest BCUT2D eigenvalue weighted by molar-refractivity contribution is 5.51. The van der Waals surface area contributed by atoms with E-state index in [0.717, 1.165) is 25.8 Å². The number of anilines is 1. The third-order valence-electron chi connectivity index (χ3n) is 4.39. The van der Waals surface area contributed by atoms with Gasteiger partial charge >= 0.3 is 5.69 Å². The summed E-state index contributed by atoms with van der Waals surface area (Å²) in [4.78, 5) is 15.7. The highest BCUT2D eigenvalue weighted by Gasteiger charge is 2.38. The molecule has 0 saturated heterocycles. The number of rotatable bonds is 3. The molecule has 110 valence electrons. The standard InChI is InChI=1S/C14H22N4O2/c1-18-8-11-13(17-14(18)19)16-12-9(5-3-7-15)4-2-6-10(12)20-11/h8-10,12H,2-7,15H2,1H3,(H,16,17,19). The van der Waals surface area contributed by atoms with Crippen molar-refractivity contribution in [2.75, 3.05) is 11.9 Å². The van der Waals surface area contributed by atoms with Gasteiger partial charge in [-0.2, -0.15) is 4.98 Å². The summed E-state index contributed by atoms with van der Waals surface area (Å²) in [5, 5.41) is 3.44. The van der Waals surface area contributed by atoms with Crippen molar-refractivity contribution in [3.8, 4) is 5.75 Å². The van der Waals surface area contributed by atoms with Gasteiger partial charge in [0.25, 0.3) is 0 Å². The van der Waals surface area contributed by atoms with Crippen molar-refractivity contribution in [1.29, 1.82) is 0 Å². The number of ether oxygens (including phenoxy) is 1. The van der Waals surface area contributed by atoms with Crippen LogP contribution in [0.25, 0.3) is 0 Å². The van der Waals surface area contributed by atoms with Crippen molar-refractivity contribution in [3.05, 3.63) is 16.7 Å². The molecule has 3 N–H and O–H groups in total.